The molecule has 2 nitrogen and oxygen atoms in total. The summed E-state index contributed by atoms with van der Waals surface area (Å²) in [5, 5.41) is 3.47. The molecule has 3 heteroatoms. The van der Waals surface area contributed by atoms with Crippen LogP contribution in [0.15, 0.2) is 18.5 Å². The Hall–Kier alpha value is -0.960. The van der Waals surface area contributed by atoms with Gasteiger partial charge in [0.15, 0.2) is 0 Å². The van der Waals surface area contributed by atoms with Gasteiger partial charge < -0.3 is 5.32 Å². The second-order valence-corrected chi connectivity index (χ2v) is 8.25. The Labute approximate surface area is 126 Å². The van der Waals surface area contributed by atoms with Crippen molar-refractivity contribution in [2.24, 2.45) is 22.7 Å². The standard InChI is InChI=1S/C18H25FN2/c1-17-6-12-5-13(7-17)9-18(8-12,11-17)16(20-2)14-3-4-21-10-15(14)19/h3-4,10,12-13,16,20H,5-9,11H2,1-2H3. The van der Waals surface area contributed by atoms with Crippen molar-refractivity contribution in [1.82, 2.24) is 10.3 Å². The molecule has 21 heavy (non-hydrogen) atoms. The van der Waals surface area contributed by atoms with Crippen molar-refractivity contribution in [3.63, 3.8) is 0 Å². The summed E-state index contributed by atoms with van der Waals surface area (Å²) in [5.74, 6) is 1.56. The molecule has 3 unspecified atom stereocenters. The van der Waals surface area contributed by atoms with E-state index in [2.05, 4.69) is 17.2 Å². The van der Waals surface area contributed by atoms with E-state index in [9.17, 15) is 4.39 Å². The van der Waals surface area contributed by atoms with Crippen LogP contribution in [-0.2, 0) is 0 Å². The average molecular weight is 288 g/mol. The summed E-state index contributed by atoms with van der Waals surface area (Å²) in [6.07, 6.45) is 11.1. The number of pyridine rings is 1. The van der Waals surface area contributed by atoms with Gasteiger partial charge in [-0.15, -0.1) is 0 Å². The molecule has 3 atom stereocenters. The molecule has 4 bridgehead atoms. The van der Waals surface area contributed by atoms with Crippen molar-refractivity contribution in [2.45, 2.75) is 51.5 Å². The zero-order valence-corrected chi connectivity index (χ0v) is 13.0. The Kier molecular flexibility index (Phi) is 2.94. The maximum absolute atomic E-state index is 14.3. The van der Waals surface area contributed by atoms with Crippen molar-refractivity contribution < 1.29 is 4.39 Å². The van der Waals surface area contributed by atoms with E-state index in [0.717, 1.165) is 17.4 Å². The lowest BCUT2D eigenvalue weighted by atomic mass is 9.43. The first-order valence-corrected chi connectivity index (χ1v) is 8.30. The molecule has 0 saturated heterocycles. The Bertz CT molecular complexity index is 542. The molecule has 4 aliphatic carbocycles. The molecule has 1 aromatic heterocycles. The van der Waals surface area contributed by atoms with Crippen LogP contribution in [-0.4, -0.2) is 12.0 Å². The molecule has 0 amide bonds. The van der Waals surface area contributed by atoms with Gasteiger partial charge in [-0.1, -0.05) is 6.92 Å². The fraction of sp³-hybridized carbons (Fsp3) is 0.722. The Morgan fingerprint density at radius 1 is 1.29 bits per heavy atom. The van der Waals surface area contributed by atoms with Gasteiger partial charge in [0.2, 0.25) is 0 Å². The minimum Gasteiger partial charge on any atom is -0.312 e. The predicted octanol–water partition coefficient (Wildman–Crippen LogP) is 4.09. The van der Waals surface area contributed by atoms with Gasteiger partial charge in [0.1, 0.15) is 5.82 Å². The monoisotopic (exact) mass is 288 g/mol. The SMILES string of the molecule is CNC(c1ccncc1F)C12CC3CC(CC(C)(C3)C1)C2. The molecule has 1 heterocycles. The molecule has 1 N–H and O–H groups in total. The van der Waals surface area contributed by atoms with E-state index in [1.165, 1.54) is 44.7 Å². The molecule has 0 aromatic carbocycles. The highest BCUT2D eigenvalue weighted by Gasteiger charge is 2.58. The quantitative estimate of drug-likeness (QED) is 0.906. The van der Waals surface area contributed by atoms with E-state index in [-0.39, 0.29) is 17.3 Å². The van der Waals surface area contributed by atoms with E-state index in [1.807, 2.05) is 13.1 Å². The van der Waals surface area contributed by atoms with Crippen LogP contribution >= 0.6 is 0 Å². The van der Waals surface area contributed by atoms with Gasteiger partial charge in [-0.3, -0.25) is 4.98 Å². The van der Waals surface area contributed by atoms with E-state index < -0.39 is 0 Å². The highest BCUT2D eigenvalue weighted by atomic mass is 19.1. The number of aromatic nitrogens is 1. The third-order valence-corrected chi connectivity index (χ3v) is 6.41. The molecular weight excluding hydrogens is 263 g/mol. The van der Waals surface area contributed by atoms with Crippen molar-refractivity contribution in [1.29, 1.82) is 0 Å². The largest absolute Gasteiger partial charge is 0.312 e. The Balaban J connectivity index is 1.75. The third kappa shape index (κ3) is 2.04. The highest BCUT2D eigenvalue weighted by Crippen LogP contribution is 2.68. The number of hydrogen-bond donors (Lipinski definition) is 1. The first kappa shape index (κ1) is 13.7. The maximum Gasteiger partial charge on any atom is 0.146 e. The smallest absolute Gasteiger partial charge is 0.146 e. The van der Waals surface area contributed by atoms with Crippen LogP contribution < -0.4 is 5.32 Å². The molecule has 114 valence electrons. The van der Waals surface area contributed by atoms with Gasteiger partial charge in [-0.25, -0.2) is 4.39 Å². The van der Waals surface area contributed by atoms with E-state index in [0.29, 0.717) is 5.41 Å². The van der Waals surface area contributed by atoms with Gasteiger partial charge in [0.05, 0.1) is 6.20 Å². The molecule has 0 aliphatic heterocycles. The molecule has 1 aromatic rings. The van der Waals surface area contributed by atoms with Gasteiger partial charge in [-0.2, -0.15) is 0 Å². The summed E-state index contributed by atoms with van der Waals surface area (Å²) < 4.78 is 14.3. The summed E-state index contributed by atoms with van der Waals surface area (Å²) in [5.41, 5.74) is 1.55. The fourth-order valence-corrected chi connectivity index (χ4v) is 6.55. The summed E-state index contributed by atoms with van der Waals surface area (Å²) in [6.45, 7) is 2.47. The van der Waals surface area contributed by atoms with Crippen molar-refractivity contribution in [2.75, 3.05) is 7.05 Å². The van der Waals surface area contributed by atoms with Crippen LogP contribution in [0.25, 0.3) is 0 Å². The van der Waals surface area contributed by atoms with Crippen LogP contribution in [0.5, 0.6) is 0 Å². The summed E-state index contributed by atoms with van der Waals surface area (Å²) in [7, 11) is 1.99. The molecular formula is C18H25FN2. The van der Waals surface area contributed by atoms with E-state index in [1.54, 1.807) is 6.20 Å². The number of hydrogen-bond acceptors (Lipinski definition) is 2. The minimum atomic E-state index is -0.155. The molecule has 4 aliphatic rings. The van der Waals surface area contributed by atoms with Crippen LogP contribution in [0, 0.1) is 28.5 Å². The minimum absolute atomic E-state index is 0.130. The Morgan fingerprint density at radius 3 is 2.57 bits per heavy atom. The number of nitrogens with one attached hydrogen (secondary N) is 1. The van der Waals surface area contributed by atoms with E-state index >= 15 is 0 Å². The fourth-order valence-electron chi connectivity index (χ4n) is 6.55. The molecule has 0 radical (unpaired) electrons. The van der Waals surface area contributed by atoms with Crippen molar-refractivity contribution in [3.8, 4) is 0 Å². The van der Waals surface area contributed by atoms with Crippen LogP contribution in [0.4, 0.5) is 4.39 Å². The number of rotatable bonds is 3. The summed E-state index contributed by atoms with van der Waals surface area (Å²) in [4.78, 5) is 3.92. The second-order valence-electron chi connectivity index (χ2n) is 8.25. The lowest BCUT2D eigenvalue weighted by molar-refractivity contribution is -0.118. The van der Waals surface area contributed by atoms with Crippen LogP contribution in [0.2, 0.25) is 0 Å². The van der Waals surface area contributed by atoms with Gasteiger partial charge >= 0.3 is 0 Å². The maximum atomic E-state index is 14.3. The van der Waals surface area contributed by atoms with Crippen molar-refractivity contribution in [3.05, 3.63) is 29.8 Å². The van der Waals surface area contributed by atoms with Gasteiger partial charge in [-0.05, 0) is 74.3 Å². The lowest BCUT2D eigenvalue weighted by Gasteiger charge is -2.63. The molecule has 0 spiro atoms. The van der Waals surface area contributed by atoms with Crippen LogP contribution in [0.3, 0.4) is 0 Å². The molecule has 4 fully saturated rings. The summed E-state index contributed by atoms with van der Waals surface area (Å²) in [6, 6.07) is 2.00. The number of halogens is 1. The summed E-state index contributed by atoms with van der Waals surface area (Å²) >= 11 is 0. The van der Waals surface area contributed by atoms with Gasteiger partial charge in [0.25, 0.3) is 0 Å². The highest BCUT2D eigenvalue weighted by molar-refractivity contribution is 5.23. The van der Waals surface area contributed by atoms with E-state index in [4.69, 9.17) is 0 Å². The van der Waals surface area contributed by atoms with Gasteiger partial charge in [0, 0.05) is 17.8 Å². The zero-order chi connectivity index (χ0) is 14.7. The zero-order valence-electron chi connectivity index (χ0n) is 13.0. The molecule has 5 rings (SSSR count). The average Bonchev–Trinajstić information content (AvgIpc) is 2.38. The first-order chi connectivity index (χ1) is 10.0. The topological polar surface area (TPSA) is 24.9 Å². The van der Waals surface area contributed by atoms with Crippen LogP contribution in [0.1, 0.15) is 57.1 Å². The second kappa shape index (κ2) is 4.52. The van der Waals surface area contributed by atoms with Crippen molar-refractivity contribution >= 4 is 0 Å². The Morgan fingerprint density at radius 2 is 2.00 bits per heavy atom. The first-order valence-electron chi connectivity index (χ1n) is 8.30. The third-order valence-electron chi connectivity index (χ3n) is 6.41. The molecule has 4 saturated carbocycles. The lowest BCUT2D eigenvalue weighted by Crippen LogP contribution is -2.55. The predicted molar refractivity (Wildman–Crippen MR) is 81.2 cm³/mol. The number of nitrogens with zero attached hydrogens (tertiary/aromatic N) is 1. The normalized spacial score (nSPS) is 42.2.